The molecule has 3 aliphatic rings. The van der Waals surface area contributed by atoms with Crippen molar-refractivity contribution < 1.29 is 23.7 Å². The molecule has 1 aromatic heterocycles. The van der Waals surface area contributed by atoms with Crippen molar-refractivity contribution in [3.63, 3.8) is 0 Å². The molecule has 1 aromatic carbocycles. The van der Waals surface area contributed by atoms with Crippen molar-refractivity contribution in [3.8, 4) is 5.75 Å². The maximum absolute atomic E-state index is 6.17. The van der Waals surface area contributed by atoms with Crippen LogP contribution in [-0.4, -0.2) is 48.1 Å². The highest BCUT2D eigenvalue weighted by Gasteiger charge is 2.67. The van der Waals surface area contributed by atoms with Gasteiger partial charge in [-0.15, -0.1) is 0 Å². The highest BCUT2D eigenvalue weighted by molar-refractivity contribution is 6.29. The Hall–Kier alpha value is -1.44. The van der Waals surface area contributed by atoms with E-state index in [-0.39, 0.29) is 18.3 Å². The molecule has 144 valence electrons. The van der Waals surface area contributed by atoms with Gasteiger partial charge >= 0.3 is 0 Å². The summed E-state index contributed by atoms with van der Waals surface area (Å²) in [5, 5.41) is 1.50. The van der Waals surface area contributed by atoms with Crippen molar-refractivity contribution in [2.45, 2.75) is 62.7 Å². The Kier molecular flexibility index (Phi) is 3.94. The molecular weight excluding hydrogens is 370 g/mol. The summed E-state index contributed by atoms with van der Waals surface area (Å²) in [5.74, 6) is 0.150. The molecule has 2 aliphatic heterocycles. The summed E-state index contributed by atoms with van der Waals surface area (Å²) in [6.45, 7) is 3.84. The zero-order valence-corrected chi connectivity index (χ0v) is 16.2. The molecule has 0 bridgehead atoms. The van der Waals surface area contributed by atoms with Gasteiger partial charge < -0.3 is 23.7 Å². The number of hydrogen-bond acceptors (Lipinski definition) is 6. The number of pyridine rings is 1. The van der Waals surface area contributed by atoms with Crippen LogP contribution in [0.3, 0.4) is 0 Å². The minimum absolute atomic E-state index is 0.0465. The van der Waals surface area contributed by atoms with Crippen LogP contribution >= 0.6 is 11.6 Å². The summed E-state index contributed by atoms with van der Waals surface area (Å²) in [5.41, 5.74) is 0.405. The van der Waals surface area contributed by atoms with E-state index in [1.165, 1.54) is 0 Å². The SMILES string of the molecule is CO[C@@H]1O[C@]2(C[C@@H](Oc3ccc4ccc(Cl)nc4c3)C2)[C@H]2OC(C)(C)O[C@@H]12. The van der Waals surface area contributed by atoms with E-state index in [1.807, 2.05) is 38.1 Å². The fourth-order valence-electron chi connectivity index (χ4n) is 4.40. The Morgan fingerprint density at radius 1 is 1.11 bits per heavy atom. The van der Waals surface area contributed by atoms with Crippen molar-refractivity contribution in [2.75, 3.05) is 7.11 Å². The molecule has 3 heterocycles. The monoisotopic (exact) mass is 391 g/mol. The van der Waals surface area contributed by atoms with Crippen LogP contribution in [0.15, 0.2) is 30.3 Å². The van der Waals surface area contributed by atoms with Crippen LogP contribution in [0.5, 0.6) is 5.75 Å². The lowest BCUT2D eigenvalue weighted by atomic mass is 9.73. The summed E-state index contributed by atoms with van der Waals surface area (Å²) in [6.07, 6.45) is 0.741. The zero-order chi connectivity index (χ0) is 18.8. The van der Waals surface area contributed by atoms with Gasteiger partial charge in [-0.05, 0) is 38.1 Å². The van der Waals surface area contributed by atoms with E-state index >= 15 is 0 Å². The second-order valence-electron chi connectivity index (χ2n) is 7.94. The van der Waals surface area contributed by atoms with Crippen molar-refractivity contribution in [3.05, 3.63) is 35.5 Å². The Labute approximate surface area is 162 Å². The lowest BCUT2D eigenvalue weighted by Gasteiger charge is -2.46. The summed E-state index contributed by atoms with van der Waals surface area (Å²) in [4.78, 5) is 4.35. The molecule has 7 heteroatoms. The Morgan fingerprint density at radius 2 is 1.89 bits per heavy atom. The second-order valence-corrected chi connectivity index (χ2v) is 8.33. The minimum Gasteiger partial charge on any atom is -0.490 e. The van der Waals surface area contributed by atoms with Gasteiger partial charge in [-0.3, -0.25) is 0 Å². The number of halogens is 1. The molecule has 0 unspecified atom stereocenters. The predicted molar refractivity (Wildman–Crippen MR) is 98.8 cm³/mol. The van der Waals surface area contributed by atoms with Gasteiger partial charge in [0.05, 0.1) is 5.52 Å². The molecule has 6 nitrogen and oxygen atoms in total. The number of benzene rings is 1. The highest BCUT2D eigenvalue weighted by Crippen LogP contribution is 2.53. The number of ether oxygens (including phenoxy) is 5. The van der Waals surface area contributed by atoms with Gasteiger partial charge in [-0.1, -0.05) is 11.6 Å². The van der Waals surface area contributed by atoms with Crippen molar-refractivity contribution in [1.82, 2.24) is 4.98 Å². The summed E-state index contributed by atoms with van der Waals surface area (Å²) < 4.78 is 29.9. The molecule has 0 radical (unpaired) electrons. The van der Waals surface area contributed by atoms with Gasteiger partial charge in [0, 0.05) is 31.4 Å². The lowest BCUT2D eigenvalue weighted by Crippen LogP contribution is -2.57. The molecule has 0 amide bonds. The molecule has 27 heavy (non-hydrogen) atoms. The van der Waals surface area contributed by atoms with Crippen LogP contribution in [0.25, 0.3) is 10.9 Å². The third-order valence-corrected chi connectivity index (χ3v) is 5.79. The van der Waals surface area contributed by atoms with Gasteiger partial charge in [0.2, 0.25) is 0 Å². The third kappa shape index (κ3) is 2.91. The first kappa shape index (κ1) is 17.6. The maximum Gasteiger partial charge on any atom is 0.186 e. The molecule has 2 saturated heterocycles. The number of aromatic nitrogens is 1. The number of hydrogen-bond donors (Lipinski definition) is 0. The highest BCUT2D eigenvalue weighted by atomic mass is 35.5. The zero-order valence-electron chi connectivity index (χ0n) is 15.5. The van der Waals surface area contributed by atoms with Gasteiger partial charge in [-0.25, -0.2) is 4.98 Å². The van der Waals surface area contributed by atoms with E-state index in [4.69, 9.17) is 35.3 Å². The first-order valence-corrected chi connectivity index (χ1v) is 9.55. The van der Waals surface area contributed by atoms with E-state index in [0.29, 0.717) is 5.15 Å². The van der Waals surface area contributed by atoms with Crippen molar-refractivity contribution >= 4 is 22.5 Å². The smallest absolute Gasteiger partial charge is 0.186 e. The van der Waals surface area contributed by atoms with E-state index in [2.05, 4.69) is 4.98 Å². The van der Waals surface area contributed by atoms with Crippen LogP contribution in [-0.2, 0) is 18.9 Å². The molecular formula is C20H22ClNO5. The molecule has 2 aromatic rings. The van der Waals surface area contributed by atoms with Crippen LogP contribution in [0.1, 0.15) is 26.7 Å². The topological polar surface area (TPSA) is 59.0 Å². The normalized spacial score (nSPS) is 36.7. The summed E-state index contributed by atoms with van der Waals surface area (Å²) in [6, 6.07) is 9.59. The first-order valence-electron chi connectivity index (χ1n) is 9.17. The van der Waals surface area contributed by atoms with Crippen LogP contribution in [0.4, 0.5) is 0 Å². The number of rotatable bonds is 3. The van der Waals surface area contributed by atoms with Gasteiger partial charge in [0.25, 0.3) is 0 Å². The van der Waals surface area contributed by atoms with Crippen LogP contribution in [0, 0.1) is 0 Å². The minimum atomic E-state index is -0.627. The number of nitrogens with zero attached hydrogens (tertiary/aromatic N) is 1. The molecule has 3 fully saturated rings. The fraction of sp³-hybridized carbons (Fsp3) is 0.550. The molecule has 1 aliphatic carbocycles. The largest absolute Gasteiger partial charge is 0.490 e. The second kappa shape index (κ2) is 6.03. The average Bonchev–Trinajstić information content (AvgIpc) is 3.06. The van der Waals surface area contributed by atoms with Gasteiger partial charge in [0.15, 0.2) is 12.1 Å². The van der Waals surface area contributed by atoms with E-state index in [9.17, 15) is 0 Å². The standard InChI is InChI=1S/C20H22ClNO5/c1-19(2)25-16-17(26-19)20(27-18(16)23-3)9-13(10-20)24-12-6-4-11-5-7-15(21)22-14(11)8-12/h4-8,13,16-18H,9-10H2,1-3H3/t13-,16-,17+,18-,20+/m1/s1. The Balaban J connectivity index is 1.30. The van der Waals surface area contributed by atoms with E-state index in [0.717, 1.165) is 29.5 Å². The Morgan fingerprint density at radius 3 is 2.67 bits per heavy atom. The van der Waals surface area contributed by atoms with Crippen LogP contribution in [0.2, 0.25) is 5.15 Å². The molecule has 0 N–H and O–H groups in total. The summed E-state index contributed by atoms with van der Waals surface area (Å²) in [7, 11) is 1.63. The van der Waals surface area contributed by atoms with Crippen LogP contribution < -0.4 is 4.74 Å². The first-order chi connectivity index (χ1) is 12.9. The van der Waals surface area contributed by atoms with Gasteiger partial charge in [0.1, 0.15) is 34.8 Å². The molecule has 3 atom stereocenters. The van der Waals surface area contributed by atoms with Crippen molar-refractivity contribution in [1.29, 1.82) is 0 Å². The molecule has 1 spiro atoms. The number of fused-ring (bicyclic) bond motifs is 3. The summed E-state index contributed by atoms with van der Waals surface area (Å²) >= 11 is 5.99. The quantitative estimate of drug-likeness (QED) is 0.744. The van der Waals surface area contributed by atoms with Crippen molar-refractivity contribution in [2.24, 2.45) is 0 Å². The predicted octanol–water partition coefficient (Wildman–Crippen LogP) is 3.69. The van der Waals surface area contributed by atoms with Gasteiger partial charge in [-0.2, -0.15) is 0 Å². The van der Waals surface area contributed by atoms with E-state index in [1.54, 1.807) is 13.2 Å². The lowest BCUT2D eigenvalue weighted by molar-refractivity contribution is -0.275. The average molecular weight is 392 g/mol. The molecule has 5 rings (SSSR count). The van der Waals surface area contributed by atoms with E-state index < -0.39 is 17.7 Å². The fourth-order valence-corrected chi connectivity index (χ4v) is 4.56. The molecule has 1 saturated carbocycles. The third-order valence-electron chi connectivity index (χ3n) is 5.58. The maximum atomic E-state index is 6.17. The Bertz CT molecular complexity index is 882. The number of methoxy groups -OCH3 is 1.